The van der Waals surface area contributed by atoms with Crippen molar-refractivity contribution in [3.05, 3.63) is 46.8 Å². The zero-order chi connectivity index (χ0) is 11.5. The summed E-state index contributed by atoms with van der Waals surface area (Å²) in [6, 6.07) is 7.47. The van der Waals surface area contributed by atoms with Gasteiger partial charge in [0.05, 0.1) is 5.33 Å². The molecule has 82 valence electrons. The third-order valence-electron chi connectivity index (χ3n) is 2.23. The molecule has 0 atom stereocenters. The first-order valence-corrected chi connectivity index (χ1v) is 6.15. The van der Waals surface area contributed by atoms with Crippen molar-refractivity contribution in [2.24, 2.45) is 0 Å². The molecule has 1 aromatic rings. The summed E-state index contributed by atoms with van der Waals surface area (Å²) in [5.74, 6) is -0.157. The standard InChI is InChI=1S/C12H13BrClF/c1-12(2,7-11(15)8-13)9-3-5-10(14)6-4-9/h3-7H,8H2,1-2H3. The van der Waals surface area contributed by atoms with Crippen molar-refractivity contribution >= 4 is 27.5 Å². The molecule has 0 saturated heterocycles. The Bertz CT molecular complexity index is 354. The van der Waals surface area contributed by atoms with E-state index < -0.39 is 0 Å². The van der Waals surface area contributed by atoms with E-state index in [0.29, 0.717) is 5.02 Å². The maximum atomic E-state index is 13.2. The van der Waals surface area contributed by atoms with Crippen molar-refractivity contribution in [3.8, 4) is 0 Å². The van der Waals surface area contributed by atoms with Gasteiger partial charge < -0.3 is 0 Å². The van der Waals surface area contributed by atoms with Crippen LogP contribution in [-0.2, 0) is 5.41 Å². The Labute approximate surface area is 103 Å². The molecule has 1 rings (SSSR count). The molecule has 0 nitrogen and oxygen atoms in total. The fourth-order valence-corrected chi connectivity index (χ4v) is 1.68. The molecule has 0 aliphatic heterocycles. The zero-order valence-electron chi connectivity index (χ0n) is 8.73. The second-order valence-corrected chi connectivity index (χ2v) is 4.95. The van der Waals surface area contributed by atoms with E-state index in [1.54, 1.807) is 6.08 Å². The molecule has 0 amide bonds. The topological polar surface area (TPSA) is 0 Å². The van der Waals surface area contributed by atoms with Crippen LogP contribution >= 0.6 is 27.5 Å². The highest BCUT2D eigenvalue weighted by molar-refractivity contribution is 9.09. The second kappa shape index (κ2) is 5.13. The molecule has 0 spiro atoms. The molecule has 0 unspecified atom stereocenters. The van der Waals surface area contributed by atoms with Crippen molar-refractivity contribution in [1.82, 2.24) is 0 Å². The number of hydrogen-bond donors (Lipinski definition) is 0. The minimum atomic E-state index is -0.317. The fourth-order valence-electron chi connectivity index (χ4n) is 1.39. The second-order valence-electron chi connectivity index (χ2n) is 3.95. The summed E-state index contributed by atoms with van der Waals surface area (Å²) in [7, 11) is 0. The normalized spacial score (nSPS) is 13.0. The Morgan fingerprint density at radius 2 is 1.93 bits per heavy atom. The first-order chi connectivity index (χ1) is 6.95. The summed E-state index contributed by atoms with van der Waals surface area (Å²) in [5.41, 5.74) is 0.727. The molecular weight excluding hydrogens is 278 g/mol. The number of halogens is 3. The summed E-state index contributed by atoms with van der Waals surface area (Å²) < 4.78 is 13.2. The fraction of sp³-hybridized carbons (Fsp3) is 0.333. The molecule has 0 N–H and O–H groups in total. The van der Waals surface area contributed by atoms with E-state index in [4.69, 9.17) is 11.6 Å². The van der Waals surface area contributed by atoms with Crippen LogP contribution in [0.1, 0.15) is 19.4 Å². The van der Waals surface area contributed by atoms with E-state index in [0.717, 1.165) is 5.56 Å². The molecule has 15 heavy (non-hydrogen) atoms. The van der Waals surface area contributed by atoms with Crippen molar-refractivity contribution < 1.29 is 4.39 Å². The lowest BCUT2D eigenvalue weighted by atomic mass is 9.84. The molecular formula is C12H13BrClF. The van der Waals surface area contributed by atoms with E-state index >= 15 is 0 Å². The molecule has 3 heteroatoms. The van der Waals surface area contributed by atoms with Crippen molar-refractivity contribution in [3.63, 3.8) is 0 Å². The van der Waals surface area contributed by atoms with Gasteiger partial charge in [-0.2, -0.15) is 0 Å². The summed E-state index contributed by atoms with van der Waals surface area (Å²) in [5, 5.41) is 0.948. The lowest BCUT2D eigenvalue weighted by molar-refractivity contribution is 0.592. The van der Waals surface area contributed by atoms with Gasteiger partial charge in [-0.3, -0.25) is 0 Å². The highest BCUT2D eigenvalue weighted by atomic mass is 79.9. The van der Waals surface area contributed by atoms with Crippen LogP contribution in [0.5, 0.6) is 0 Å². The molecule has 0 bridgehead atoms. The Morgan fingerprint density at radius 3 is 2.40 bits per heavy atom. The van der Waals surface area contributed by atoms with Gasteiger partial charge >= 0.3 is 0 Å². The van der Waals surface area contributed by atoms with E-state index in [-0.39, 0.29) is 16.6 Å². The number of rotatable bonds is 3. The van der Waals surface area contributed by atoms with Gasteiger partial charge in [0.1, 0.15) is 5.83 Å². The number of alkyl halides is 1. The highest BCUT2D eigenvalue weighted by Gasteiger charge is 2.18. The Balaban J connectivity index is 3.00. The maximum Gasteiger partial charge on any atom is 0.107 e. The van der Waals surface area contributed by atoms with Crippen LogP contribution in [0.4, 0.5) is 4.39 Å². The van der Waals surface area contributed by atoms with E-state index in [1.807, 2.05) is 38.1 Å². The van der Waals surface area contributed by atoms with Crippen LogP contribution in [0.25, 0.3) is 0 Å². The summed E-state index contributed by atoms with van der Waals surface area (Å²) in [4.78, 5) is 0. The monoisotopic (exact) mass is 290 g/mol. The molecule has 1 aromatic carbocycles. The van der Waals surface area contributed by atoms with Gasteiger partial charge in [-0.05, 0) is 23.8 Å². The van der Waals surface area contributed by atoms with Gasteiger partial charge in [-0.25, -0.2) is 4.39 Å². The molecule has 0 aliphatic rings. The van der Waals surface area contributed by atoms with E-state index in [1.165, 1.54) is 0 Å². The molecule has 0 saturated carbocycles. The van der Waals surface area contributed by atoms with Crippen molar-refractivity contribution in [2.75, 3.05) is 5.33 Å². The van der Waals surface area contributed by atoms with E-state index in [2.05, 4.69) is 15.9 Å². The molecule has 0 fully saturated rings. The average molecular weight is 292 g/mol. The molecule has 0 aliphatic carbocycles. The van der Waals surface area contributed by atoms with Crippen LogP contribution in [-0.4, -0.2) is 5.33 Å². The minimum Gasteiger partial charge on any atom is -0.211 e. The summed E-state index contributed by atoms with van der Waals surface area (Å²) in [6.07, 6.45) is 1.62. The first kappa shape index (κ1) is 12.7. The van der Waals surface area contributed by atoms with Gasteiger partial charge in [0.25, 0.3) is 0 Å². The molecule has 0 heterocycles. The summed E-state index contributed by atoms with van der Waals surface area (Å²) >= 11 is 8.88. The lowest BCUT2D eigenvalue weighted by Gasteiger charge is -2.21. The van der Waals surface area contributed by atoms with Crippen LogP contribution in [0.3, 0.4) is 0 Å². The van der Waals surface area contributed by atoms with Gasteiger partial charge in [0.15, 0.2) is 0 Å². The number of allylic oxidation sites excluding steroid dienone is 2. The highest BCUT2D eigenvalue weighted by Crippen LogP contribution is 2.27. The third kappa shape index (κ3) is 3.62. The third-order valence-corrected chi connectivity index (χ3v) is 3.02. The zero-order valence-corrected chi connectivity index (χ0v) is 11.1. The Hall–Kier alpha value is -0.340. The van der Waals surface area contributed by atoms with Crippen molar-refractivity contribution in [2.45, 2.75) is 19.3 Å². The number of hydrogen-bond acceptors (Lipinski definition) is 0. The van der Waals surface area contributed by atoms with Gasteiger partial charge in [-0.15, -0.1) is 0 Å². The van der Waals surface area contributed by atoms with Gasteiger partial charge in [-0.1, -0.05) is 53.5 Å². The maximum absolute atomic E-state index is 13.2. The molecule has 0 radical (unpaired) electrons. The lowest BCUT2D eigenvalue weighted by Crippen LogP contribution is -2.14. The van der Waals surface area contributed by atoms with Crippen LogP contribution < -0.4 is 0 Å². The van der Waals surface area contributed by atoms with E-state index in [9.17, 15) is 4.39 Å². The van der Waals surface area contributed by atoms with Crippen LogP contribution in [0.15, 0.2) is 36.2 Å². The van der Waals surface area contributed by atoms with Crippen LogP contribution in [0.2, 0.25) is 5.02 Å². The summed E-state index contributed by atoms with van der Waals surface area (Å²) in [6.45, 7) is 3.94. The Kier molecular flexibility index (Phi) is 4.35. The Morgan fingerprint density at radius 1 is 1.40 bits per heavy atom. The predicted octanol–water partition coefficient (Wildman–Crippen LogP) is 4.87. The minimum absolute atomic E-state index is 0.157. The van der Waals surface area contributed by atoms with Crippen LogP contribution in [0, 0.1) is 0 Å². The smallest absolute Gasteiger partial charge is 0.107 e. The largest absolute Gasteiger partial charge is 0.211 e. The predicted molar refractivity (Wildman–Crippen MR) is 67.5 cm³/mol. The quantitative estimate of drug-likeness (QED) is 0.697. The first-order valence-electron chi connectivity index (χ1n) is 4.65. The average Bonchev–Trinajstić information content (AvgIpc) is 2.17. The van der Waals surface area contributed by atoms with Gasteiger partial charge in [0.2, 0.25) is 0 Å². The number of benzene rings is 1. The van der Waals surface area contributed by atoms with Crippen molar-refractivity contribution in [1.29, 1.82) is 0 Å². The SMILES string of the molecule is CC(C)(C=C(F)CBr)c1ccc(Cl)cc1. The van der Waals surface area contributed by atoms with Gasteiger partial charge in [0, 0.05) is 10.4 Å². The molecule has 0 aromatic heterocycles.